The van der Waals surface area contributed by atoms with E-state index in [4.69, 9.17) is 4.52 Å². The summed E-state index contributed by atoms with van der Waals surface area (Å²) >= 11 is 0. The lowest BCUT2D eigenvalue weighted by Crippen LogP contribution is -2.42. The van der Waals surface area contributed by atoms with Crippen molar-refractivity contribution in [2.75, 3.05) is 13.1 Å². The normalized spacial score (nSPS) is 22.0. The molecule has 0 aliphatic heterocycles. The lowest BCUT2D eigenvalue weighted by atomic mass is 9.89. The van der Waals surface area contributed by atoms with Gasteiger partial charge in [0, 0.05) is 19.2 Å². The minimum Gasteiger partial charge on any atom is -0.361 e. The first-order chi connectivity index (χ1) is 15.3. The zero-order valence-corrected chi connectivity index (χ0v) is 18.8. The highest BCUT2D eigenvalue weighted by atomic mass is 32.2. The average molecular weight is 461 g/mol. The van der Waals surface area contributed by atoms with Crippen LogP contribution >= 0.6 is 0 Å². The van der Waals surface area contributed by atoms with Crippen molar-refractivity contribution in [3.05, 3.63) is 47.3 Å². The van der Waals surface area contributed by atoms with E-state index >= 15 is 0 Å². The van der Waals surface area contributed by atoms with Crippen LogP contribution in [0.2, 0.25) is 0 Å². The Labute approximate surface area is 187 Å². The van der Waals surface area contributed by atoms with E-state index in [-0.39, 0.29) is 16.5 Å². The quantitative estimate of drug-likeness (QED) is 0.554. The molecule has 2 aromatic rings. The summed E-state index contributed by atoms with van der Waals surface area (Å²) in [6.45, 7) is 2.58. The molecule has 2 saturated carbocycles. The molecule has 32 heavy (non-hydrogen) atoms. The highest BCUT2D eigenvalue weighted by Crippen LogP contribution is 2.47. The van der Waals surface area contributed by atoms with Gasteiger partial charge in [0.1, 0.15) is 5.76 Å². The molecule has 10 heteroatoms. The van der Waals surface area contributed by atoms with Crippen LogP contribution in [0.5, 0.6) is 0 Å². The summed E-state index contributed by atoms with van der Waals surface area (Å²) in [6.07, 6.45) is 5.37. The van der Waals surface area contributed by atoms with E-state index in [1.165, 1.54) is 31.4 Å². The second kappa shape index (κ2) is 9.32. The first-order valence-corrected chi connectivity index (χ1v) is 12.4. The zero-order chi connectivity index (χ0) is 22.7. The first kappa shape index (κ1) is 22.3. The maximum Gasteiger partial charge on any atom is 0.328 e. The maximum absolute atomic E-state index is 12.5. The van der Waals surface area contributed by atoms with Gasteiger partial charge in [-0.2, -0.15) is 0 Å². The molecule has 2 aliphatic rings. The van der Waals surface area contributed by atoms with Gasteiger partial charge in [0.05, 0.1) is 4.90 Å². The van der Waals surface area contributed by atoms with Gasteiger partial charge in [-0.05, 0) is 68.1 Å². The predicted molar refractivity (Wildman–Crippen MR) is 116 cm³/mol. The monoisotopic (exact) mass is 460 g/mol. The van der Waals surface area contributed by atoms with Crippen LogP contribution < -0.4 is 15.4 Å². The molecule has 9 nitrogen and oxygen atoms in total. The number of fused-ring (bicyclic) bond motifs is 2. The summed E-state index contributed by atoms with van der Waals surface area (Å²) in [5.41, 5.74) is 1.06. The summed E-state index contributed by atoms with van der Waals surface area (Å²) in [6, 6.07) is 7.08. The largest absolute Gasteiger partial charge is 0.361 e. The van der Waals surface area contributed by atoms with Gasteiger partial charge < -0.3 is 15.2 Å². The lowest BCUT2D eigenvalue weighted by molar-refractivity contribution is 0.0945. The Balaban J connectivity index is 1.23. The molecular weight excluding hydrogens is 432 g/mol. The van der Waals surface area contributed by atoms with E-state index in [2.05, 4.69) is 20.5 Å². The van der Waals surface area contributed by atoms with Crippen molar-refractivity contribution in [1.29, 1.82) is 0 Å². The third-order valence-electron chi connectivity index (χ3n) is 6.43. The van der Waals surface area contributed by atoms with Gasteiger partial charge in [0.25, 0.3) is 15.9 Å². The number of hydrogen-bond acceptors (Lipinski definition) is 6. The van der Waals surface area contributed by atoms with Gasteiger partial charge in [-0.3, -0.25) is 4.79 Å². The minimum atomic E-state index is -3.95. The second-order valence-corrected chi connectivity index (χ2v) is 10.4. The van der Waals surface area contributed by atoms with E-state index < -0.39 is 16.1 Å². The van der Waals surface area contributed by atoms with Crippen molar-refractivity contribution in [3.63, 3.8) is 0 Å². The molecule has 1 aromatic carbocycles. The molecule has 0 spiro atoms. The van der Waals surface area contributed by atoms with Gasteiger partial charge >= 0.3 is 6.03 Å². The zero-order valence-electron chi connectivity index (χ0n) is 18.0. The standard InChI is InChI=1S/C22H28N4O5S/c1-14-10-20(25-31-14)21(27)23-9-8-15-3-6-19(7-4-15)32(29,30)26-22(28)24-13-18-12-16-2-5-17(18)11-16/h3-4,6-7,10,16-18H,2,5,8-9,11-13H2,1H3,(H,23,27)(H2,24,26,28). The highest BCUT2D eigenvalue weighted by Gasteiger charge is 2.39. The fourth-order valence-electron chi connectivity index (χ4n) is 4.79. The van der Waals surface area contributed by atoms with E-state index in [0.717, 1.165) is 17.9 Å². The third-order valence-corrected chi connectivity index (χ3v) is 7.78. The number of carbonyl (C=O) groups is 2. The molecule has 172 valence electrons. The minimum absolute atomic E-state index is 0.0124. The fraction of sp³-hybridized carbons (Fsp3) is 0.500. The van der Waals surface area contributed by atoms with Crippen molar-refractivity contribution in [2.24, 2.45) is 17.8 Å². The molecule has 2 bridgehead atoms. The Morgan fingerprint density at radius 3 is 2.53 bits per heavy atom. The van der Waals surface area contributed by atoms with Gasteiger partial charge in [0.15, 0.2) is 5.69 Å². The Morgan fingerprint density at radius 2 is 1.91 bits per heavy atom. The molecule has 4 rings (SSSR count). The van der Waals surface area contributed by atoms with Crippen molar-refractivity contribution >= 4 is 22.0 Å². The molecule has 2 fully saturated rings. The summed E-state index contributed by atoms with van der Waals surface area (Å²) in [7, 11) is -3.95. The number of nitrogens with one attached hydrogen (secondary N) is 3. The van der Waals surface area contributed by atoms with Crippen LogP contribution in [0.4, 0.5) is 4.79 Å². The molecule has 3 unspecified atom stereocenters. The fourth-order valence-corrected chi connectivity index (χ4v) is 5.72. The molecule has 3 atom stereocenters. The average Bonchev–Trinajstić information content (AvgIpc) is 3.49. The van der Waals surface area contributed by atoms with Crippen molar-refractivity contribution < 1.29 is 22.5 Å². The van der Waals surface area contributed by atoms with Crippen LogP contribution in [0, 0.1) is 24.7 Å². The van der Waals surface area contributed by atoms with Crippen molar-refractivity contribution in [3.8, 4) is 0 Å². The SMILES string of the molecule is Cc1cc(C(=O)NCCc2ccc(S(=O)(=O)NC(=O)NCC3CC4CCC3C4)cc2)no1. The number of aromatic nitrogens is 1. The number of carbonyl (C=O) groups excluding carboxylic acids is 2. The number of hydrogen-bond donors (Lipinski definition) is 3. The van der Waals surface area contributed by atoms with Gasteiger partial charge in [-0.25, -0.2) is 17.9 Å². The molecule has 1 heterocycles. The highest BCUT2D eigenvalue weighted by molar-refractivity contribution is 7.90. The summed E-state index contributed by atoms with van der Waals surface area (Å²) in [4.78, 5) is 24.1. The van der Waals surface area contributed by atoms with E-state index in [0.29, 0.717) is 37.1 Å². The summed E-state index contributed by atoms with van der Waals surface area (Å²) in [5.74, 6) is 2.11. The number of urea groups is 1. The molecule has 0 saturated heterocycles. The lowest BCUT2D eigenvalue weighted by Gasteiger charge is -2.21. The van der Waals surface area contributed by atoms with Gasteiger partial charge in [0.2, 0.25) is 0 Å². The van der Waals surface area contributed by atoms with Crippen molar-refractivity contribution in [1.82, 2.24) is 20.5 Å². The smallest absolute Gasteiger partial charge is 0.328 e. The first-order valence-electron chi connectivity index (χ1n) is 10.9. The van der Waals surface area contributed by atoms with Crippen LogP contribution in [-0.4, -0.2) is 38.6 Å². The maximum atomic E-state index is 12.5. The number of amides is 3. The summed E-state index contributed by atoms with van der Waals surface area (Å²) in [5, 5.41) is 9.11. The van der Waals surface area contributed by atoms with E-state index in [1.807, 2.05) is 0 Å². The molecule has 3 amide bonds. The Morgan fingerprint density at radius 1 is 1.12 bits per heavy atom. The molecule has 2 aliphatic carbocycles. The van der Waals surface area contributed by atoms with Gasteiger partial charge in [-0.1, -0.05) is 23.7 Å². The van der Waals surface area contributed by atoms with Crippen molar-refractivity contribution in [2.45, 2.75) is 43.9 Å². The predicted octanol–water partition coefficient (Wildman–Crippen LogP) is 2.38. The third kappa shape index (κ3) is 5.29. The number of sulfonamides is 1. The number of benzene rings is 1. The number of nitrogens with zero attached hydrogens (tertiary/aromatic N) is 1. The number of aryl methyl sites for hydroxylation is 1. The van der Waals surface area contributed by atoms with Crippen LogP contribution in [0.25, 0.3) is 0 Å². The molecule has 3 N–H and O–H groups in total. The second-order valence-electron chi connectivity index (χ2n) is 8.72. The van der Waals surface area contributed by atoms with Crippen LogP contribution in [0.1, 0.15) is 47.5 Å². The van der Waals surface area contributed by atoms with Crippen LogP contribution in [0.15, 0.2) is 39.8 Å². The van der Waals surface area contributed by atoms with E-state index in [1.54, 1.807) is 25.1 Å². The van der Waals surface area contributed by atoms with Crippen LogP contribution in [0.3, 0.4) is 0 Å². The Hall–Kier alpha value is -2.88. The van der Waals surface area contributed by atoms with Gasteiger partial charge in [-0.15, -0.1) is 0 Å². The Bertz CT molecular complexity index is 1080. The summed E-state index contributed by atoms with van der Waals surface area (Å²) < 4.78 is 32.0. The Kier molecular flexibility index (Phi) is 6.50. The molecule has 1 aromatic heterocycles. The topological polar surface area (TPSA) is 130 Å². The van der Waals surface area contributed by atoms with Crippen LogP contribution in [-0.2, 0) is 16.4 Å². The number of rotatable bonds is 8. The molecular formula is C22H28N4O5S. The van der Waals surface area contributed by atoms with E-state index in [9.17, 15) is 18.0 Å². The molecule has 0 radical (unpaired) electrons.